The van der Waals surface area contributed by atoms with E-state index in [4.69, 9.17) is 4.74 Å². The molecular formula is C12H9F3O. The summed E-state index contributed by atoms with van der Waals surface area (Å²) in [6.07, 6.45) is -4.30. The maximum atomic E-state index is 12.4. The van der Waals surface area contributed by atoms with Gasteiger partial charge in [0.05, 0.1) is 12.7 Å². The Morgan fingerprint density at radius 2 is 1.56 bits per heavy atom. The summed E-state index contributed by atoms with van der Waals surface area (Å²) in [6, 6.07) is 8.61. The third-order valence-electron chi connectivity index (χ3n) is 2.37. The lowest BCUT2D eigenvalue weighted by atomic mass is 10.1. The maximum Gasteiger partial charge on any atom is 0.416 e. The molecule has 0 amide bonds. The molecule has 2 rings (SSSR count). The first-order chi connectivity index (χ1) is 7.50. The lowest BCUT2D eigenvalue weighted by molar-refractivity contribution is -0.137. The summed E-state index contributed by atoms with van der Waals surface area (Å²) in [7, 11) is 1.52. The van der Waals surface area contributed by atoms with E-state index in [0.29, 0.717) is 11.1 Å². The number of halogens is 3. The Kier molecular flexibility index (Phi) is 2.50. The number of fused-ring (bicyclic) bond motifs is 1. The highest BCUT2D eigenvalue weighted by Gasteiger charge is 2.30. The Balaban J connectivity index is 2.56. The van der Waals surface area contributed by atoms with Gasteiger partial charge in [0.1, 0.15) is 5.75 Å². The van der Waals surface area contributed by atoms with E-state index in [9.17, 15) is 13.2 Å². The fourth-order valence-corrected chi connectivity index (χ4v) is 1.53. The summed E-state index contributed by atoms with van der Waals surface area (Å²) in [5.41, 5.74) is -0.634. The average molecular weight is 226 g/mol. The molecule has 0 fully saturated rings. The van der Waals surface area contributed by atoms with Crippen LogP contribution in [0.15, 0.2) is 36.4 Å². The molecule has 84 valence electrons. The molecule has 0 radical (unpaired) electrons. The van der Waals surface area contributed by atoms with Crippen LogP contribution in [-0.2, 0) is 6.18 Å². The SMILES string of the molecule is COc1ccc2cc(C(F)(F)F)ccc2c1. The van der Waals surface area contributed by atoms with Crippen molar-refractivity contribution in [1.82, 2.24) is 0 Å². The zero-order valence-electron chi connectivity index (χ0n) is 8.51. The van der Waals surface area contributed by atoms with Crippen LogP contribution in [0.5, 0.6) is 5.75 Å². The quantitative estimate of drug-likeness (QED) is 0.717. The molecule has 0 N–H and O–H groups in total. The molecule has 2 aromatic carbocycles. The van der Waals surface area contributed by atoms with Crippen LogP contribution in [0.25, 0.3) is 10.8 Å². The van der Waals surface area contributed by atoms with Crippen LogP contribution in [0.4, 0.5) is 13.2 Å². The van der Waals surface area contributed by atoms with Crippen LogP contribution >= 0.6 is 0 Å². The normalized spacial score (nSPS) is 11.8. The Morgan fingerprint density at radius 1 is 0.938 bits per heavy atom. The van der Waals surface area contributed by atoms with Crippen molar-refractivity contribution >= 4 is 10.8 Å². The second-order valence-electron chi connectivity index (χ2n) is 3.43. The highest BCUT2D eigenvalue weighted by Crippen LogP contribution is 2.32. The molecule has 0 bridgehead atoms. The van der Waals surface area contributed by atoms with Crippen LogP contribution in [0.3, 0.4) is 0 Å². The molecule has 0 spiro atoms. The molecule has 16 heavy (non-hydrogen) atoms. The first-order valence-electron chi connectivity index (χ1n) is 4.66. The zero-order valence-corrected chi connectivity index (χ0v) is 8.51. The summed E-state index contributed by atoms with van der Waals surface area (Å²) >= 11 is 0. The van der Waals surface area contributed by atoms with Crippen molar-refractivity contribution in [1.29, 1.82) is 0 Å². The molecule has 0 saturated heterocycles. The van der Waals surface area contributed by atoms with E-state index >= 15 is 0 Å². The highest BCUT2D eigenvalue weighted by atomic mass is 19.4. The van der Waals surface area contributed by atoms with Gasteiger partial charge in [-0.1, -0.05) is 12.1 Å². The number of ether oxygens (including phenoxy) is 1. The molecule has 0 unspecified atom stereocenters. The van der Waals surface area contributed by atoms with Crippen molar-refractivity contribution < 1.29 is 17.9 Å². The Labute approximate surface area is 90.5 Å². The van der Waals surface area contributed by atoms with Crippen LogP contribution in [0.2, 0.25) is 0 Å². The van der Waals surface area contributed by atoms with Crippen LogP contribution in [0.1, 0.15) is 5.56 Å². The maximum absolute atomic E-state index is 12.4. The second kappa shape index (κ2) is 3.70. The number of rotatable bonds is 1. The highest BCUT2D eigenvalue weighted by molar-refractivity contribution is 5.84. The van der Waals surface area contributed by atoms with Gasteiger partial charge in [0.2, 0.25) is 0 Å². The summed E-state index contributed by atoms with van der Waals surface area (Å²) in [5, 5.41) is 1.28. The first-order valence-corrected chi connectivity index (χ1v) is 4.66. The summed E-state index contributed by atoms with van der Waals surface area (Å²) in [4.78, 5) is 0. The first kappa shape index (κ1) is 10.8. The van der Waals surface area contributed by atoms with Gasteiger partial charge in [-0.05, 0) is 35.0 Å². The molecule has 4 heteroatoms. The Morgan fingerprint density at radius 3 is 2.19 bits per heavy atom. The second-order valence-corrected chi connectivity index (χ2v) is 3.43. The van der Waals surface area contributed by atoms with Crippen molar-refractivity contribution in [2.24, 2.45) is 0 Å². The molecule has 0 atom stereocenters. The van der Waals surface area contributed by atoms with Gasteiger partial charge < -0.3 is 4.74 Å². The van der Waals surface area contributed by atoms with E-state index in [1.807, 2.05) is 0 Å². The van der Waals surface area contributed by atoms with Crippen molar-refractivity contribution in [3.8, 4) is 5.75 Å². The standard InChI is InChI=1S/C12H9F3O/c1-16-11-5-3-8-6-10(12(13,14)15)4-2-9(8)7-11/h2-7H,1H3. The van der Waals surface area contributed by atoms with Gasteiger partial charge in [-0.25, -0.2) is 0 Å². The van der Waals surface area contributed by atoms with Gasteiger partial charge in [0, 0.05) is 0 Å². The van der Waals surface area contributed by atoms with Gasteiger partial charge in [-0.15, -0.1) is 0 Å². The monoisotopic (exact) mass is 226 g/mol. The van der Waals surface area contributed by atoms with E-state index in [2.05, 4.69) is 0 Å². The van der Waals surface area contributed by atoms with Crippen molar-refractivity contribution in [2.45, 2.75) is 6.18 Å². The fourth-order valence-electron chi connectivity index (χ4n) is 1.53. The predicted octanol–water partition coefficient (Wildman–Crippen LogP) is 3.87. The van der Waals surface area contributed by atoms with E-state index < -0.39 is 11.7 Å². The van der Waals surface area contributed by atoms with E-state index in [1.165, 1.54) is 13.2 Å². The molecule has 0 aliphatic carbocycles. The van der Waals surface area contributed by atoms with Gasteiger partial charge in [-0.2, -0.15) is 13.2 Å². The smallest absolute Gasteiger partial charge is 0.416 e. The molecule has 2 aromatic rings. The van der Waals surface area contributed by atoms with Crippen LogP contribution in [0, 0.1) is 0 Å². The van der Waals surface area contributed by atoms with E-state index in [-0.39, 0.29) is 0 Å². The largest absolute Gasteiger partial charge is 0.497 e. The van der Waals surface area contributed by atoms with Crippen LogP contribution < -0.4 is 4.74 Å². The Hall–Kier alpha value is -1.71. The number of alkyl halides is 3. The van der Waals surface area contributed by atoms with E-state index in [1.54, 1.807) is 18.2 Å². The molecule has 0 aromatic heterocycles. The molecule has 0 aliphatic rings. The molecule has 1 nitrogen and oxygen atoms in total. The average Bonchev–Trinajstić information content (AvgIpc) is 2.26. The Bertz CT molecular complexity index is 517. The van der Waals surface area contributed by atoms with Crippen molar-refractivity contribution in [3.05, 3.63) is 42.0 Å². The van der Waals surface area contributed by atoms with Gasteiger partial charge >= 0.3 is 6.18 Å². The number of methoxy groups -OCH3 is 1. The zero-order chi connectivity index (χ0) is 11.8. The number of benzene rings is 2. The van der Waals surface area contributed by atoms with Gasteiger partial charge in [0.15, 0.2) is 0 Å². The predicted molar refractivity (Wildman–Crippen MR) is 55.5 cm³/mol. The van der Waals surface area contributed by atoms with Gasteiger partial charge in [0.25, 0.3) is 0 Å². The van der Waals surface area contributed by atoms with Crippen molar-refractivity contribution in [2.75, 3.05) is 7.11 Å². The van der Waals surface area contributed by atoms with E-state index in [0.717, 1.165) is 17.5 Å². The van der Waals surface area contributed by atoms with Crippen LogP contribution in [-0.4, -0.2) is 7.11 Å². The third kappa shape index (κ3) is 1.96. The summed E-state index contributed by atoms with van der Waals surface area (Å²) in [5.74, 6) is 0.632. The minimum Gasteiger partial charge on any atom is -0.497 e. The lowest BCUT2D eigenvalue weighted by Gasteiger charge is -2.08. The minimum absolute atomic E-state index is 0.552. The fraction of sp³-hybridized carbons (Fsp3) is 0.167. The summed E-state index contributed by atoms with van der Waals surface area (Å²) < 4.78 is 42.3. The molecule has 0 aliphatic heterocycles. The molecular weight excluding hydrogens is 217 g/mol. The van der Waals surface area contributed by atoms with Crippen molar-refractivity contribution in [3.63, 3.8) is 0 Å². The molecule has 0 saturated carbocycles. The lowest BCUT2D eigenvalue weighted by Crippen LogP contribution is -2.04. The minimum atomic E-state index is -4.30. The third-order valence-corrected chi connectivity index (χ3v) is 2.37. The summed E-state index contributed by atoms with van der Waals surface area (Å²) in [6.45, 7) is 0. The topological polar surface area (TPSA) is 9.23 Å². The van der Waals surface area contributed by atoms with Gasteiger partial charge in [-0.3, -0.25) is 0 Å². The molecule has 0 heterocycles. The number of hydrogen-bond acceptors (Lipinski definition) is 1. The number of hydrogen-bond donors (Lipinski definition) is 0.